The van der Waals surface area contributed by atoms with Crippen molar-refractivity contribution in [1.29, 1.82) is 0 Å². The molecule has 1 atom stereocenters. The van der Waals surface area contributed by atoms with Crippen LogP contribution >= 0.6 is 22.9 Å². The van der Waals surface area contributed by atoms with Crippen LogP contribution in [-0.4, -0.2) is 76.6 Å². The Hall–Kier alpha value is -4.07. The Morgan fingerprint density at radius 2 is 1.84 bits per heavy atom. The first kappa shape index (κ1) is 31.9. The summed E-state index contributed by atoms with van der Waals surface area (Å²) in [6.07, 6.45) is 0. The van der Waals surface area contributed by atoms with Gasteiger partial charge in [0.25, 0.3) is 0 Å². The van der Waals surface area contributed by atoms with Gasteiger partial charge in [0.1, 0.15) is 5.82 Å². The number of anilines is 2. The molecule has 0 fully saturated rings. The first-order chi connectivity index (χ1) is 20.6. The molecule has 0 spiro atoms. The summed E-state index contributed by atoms with van der Waals surface area (Å²) in [6.45, 7) is 4.29. The van der Waals surface area contributed by atoms with Crippen molar-refractivity contribution in [3.05, 3.63) is 56.0 Å². The third-order valence-electron chi connectivity index (χ3n) is 6.88. The van der Waals surface area contributed by atoms with E-state index >= 15 is 0 Å². The van der Waals surface area contributed by atoms with Crippen LogP contribution in [-0.2, 0) is 23.8 Å². The number of esters is 2. The lowest BCUT2D eigenvalue weighted by molar-refractivity contribution is -0.139. The zero-order valence-corrected chi connectivity index (χ0v) is 26.4. The van der Waals surface area contributed by atoms with E-state index in [4.69, 9.17) is 41.0 Å². The Labute approximate surface area is 258 Å². The van der Waals surface area contributed by atoms with Gasteiger partial charge in [0.15, 0.2) is 11.5 Å². The molecule has 2 aromatic heterocycles. The molecule has 0 radical (unpaired) electrons. The molecule has 1 aromatic carbocycles. The lowest BCUT2D eigenvalue weighted by Gasteiger charge is -2.31. The van der Waals surface area contributed by atoms with Crippen LogP contribution in [0.5, 0.6) is 11.5 Å². The van der Waals surface area contributed by atoms with Gasteiger partial charge in [-0.25, -0.2) is 14.6 Å². The molecule has 230 valence electrons. The molecule has 1 unspecified atom stereocenters. The van der Waals surface area contributed by atoms with Gasteiger partial charge in [-0.05, 0) is 36.9 Å². The van der Waals surface area contributed by atoms with E-state index in [0.29, 0.717) is 62.0 Å². The van der Waals surface area contributed by atoms with Crippen LogP contribution in [0.2, 0.25) is 4.34 Å². The van der Waals surface area contributed by atoms with E-state index in [0.717, 1.165) is 0 Å². The van der Waals surface area contributed by atoms with Crippen LogP contribution in [0.15, 0.2) is 46.1 Å². The fourth-order valence-electron chi connectivity index (χ4n) is 4.78. The summed E-state index contributed by atoms with van der Waals surface area (Å²) in [6, 6.07) is 5.26. The van der Waals surface area contributed by atoms with Crippen LogP contribution in [0.25, 0.3) is 10.9 Å². The van der Waals surface area contributed by atoms with Gasteiger partial charge in [-0.15, -0.1) is 11.3 Å². The van der Waals surface area contributed by atoms with Crippen molar-refractivity contribution in [3.8, 4) is 11.5 Å². The predicted octanol–water partition coefficient (Wildman–Crippen LogP) is 4.05. The Morgan fingerprint density at radius 3 is 2.47 bits per heavy atom. The minimum Gasteiger partial charge on any atom is -0.493 e. The number of benzene rings is 1. The molecule has 1 aliphatic rings. The number of nitrogens with zero attached hydrogens (tertiary/aromatic N) is 3. The number of likely N-dealkylation sites (N-methyl/N-ethyl adjacent to an activating group) is 1. The molecule has 14 heteroatoms. The van der Waals surface area contributed by atoms with Gasteiger partial charge in [-0.2, -0.15) is 4.98 Å². The second kappa shape index (κ2) is 13.9. The average Bonchev–Trinajstić information content (AvgIpc) is 3.42. The zero-order chi connectivity index (χ0) is 31.3. The number of nitrogens with two attached hydrogens (primary N) is 1. The van der Waals surface area contributed by atoms with E-state index in [9.17, 15) is 9.59 Å². The molecule has 1 aliphatic heterocycles. The molecule has 12 nitrogen and oxygen atoms in total. The summed E-state index contributed by atoms with van der Waals surface area (Å²) in [7, 11) is 6.20. The number of hydrogen-bond donors (Lipinski definition) is 2. The number of nitrogens with one attached hydrogen (secondary N) is 1. The maximum atomic E-state index is 13.3. The van der Waals surface area contributed by atoms with Gasteiger partial charge < -0.3 is 39.6 Å². The highest BCUT2D eigenvalue weighted by Gasteiger charge is 2.40. The number of halogens is 1. The number of rotatable bonds is 12. The Balaban J connectivity index is 1.56. The van der Waals surface area contributed by atoms with Crippen LogP contribution in [0.1, 0.15) is 25.3 Å². The van der Waals surface area contributed by atoms with Crippen molar-refractivity contribution in [2.75, 3.05) is 65.4 Å². The van der Waals surface area contributed by atoms with Crippen molar-refractivity contribution in [2.45, 2.75) is 19.8 Å². The number of nitrogen functional groups attached to an aromatic ring is 1. The molecule has 4 rings (SSSR count). The molecule has 3 heterocycles. The third kappa shape index (κ3) is 6.63. The summed E-state index contributed by atoms with van der Waals surface area (Å²) >= 11 is 7.81. The summed E-state index contributed by atoms with van der Waals surface area (Å²) in [5.74, 6) is -0.206. The topological polar surface area (TPSA) is 147 Å². The van der Waals surface area contributed by atoms with Gasteiger partial charge in [0.2, 0.25) is 5.95 Å². The van der Waals surface area contributed by atoms with E-state index in [1.54, 1.807) is 56.5 Å². The largest absolute Gasteiger partial charge is 0.493 e. The fourth-order valence-corrected chi connectivity index (χ4v) is 5.76. The molecule has 0 amide bonds. The van der Waals surface area contributed by atoms with E-state index in [1.165, 1.54) is 18.4 Å². The van der Waals surface area contributed by atoms with E-state index in [-0.39, 0.29) is 31.0 Å². The molecule has 0 bridgehead atoms. The van der Waals surface area contributed by atoms with Crippen LogP contribution in [0.3, 0.4) is 0 Å². The van der Waals surface area contributed by atoms with E-state index in [1.807, 2.05) is 7.05 Å². The second-order valence-electron chi connectivity index (χ2n) is 9.46. The molecule has 3 N–H and O–H groups in total. The van der Waals surface area contributed by atoms with E-state index in [2.05, 4.69) is 15.3 Å². The lowest BCUT2D eigenvalue weighted by Crippen LogP contribution is -2.35. The average molecular weight is 632 g/mol. The number of carbonyl (C=O) groups is 2. The molecular weight excluding hydrogens is 598 g/mol. The third-order valence-corrected chi connectivity index (χ3v) is 8.08. The Bertz CT molecular complexity index is 1590. The van der Waals surface area contributed by atoms with Gasteiger partial charge in [-0.3, -0.25) is 0 Å². The number of hydrogen-bond acceptors (Lipinski definition) is 13. The minimum atomic E-state index is -0.794. The zero-order valence-electron chi connectivity index (χ0n) is 24.8. The summed E-state index contributed by atoms with van der Waals surface area (Å²) in [5, 5.41) is 5.61. The van der Waals surface area contributed by atoms with Crippen molar-refractivity contribution < 1.29 is 33.3 Å². The molecule has 43 heavy (non-hydrogen) atoms. The van der Waals surface area contributed by atoms with E-state index < -0.39 is 17.9 Å². The predicted molar refractivity (Wildman–Crippen MR) is 165 cm³/mol. The van der Waals surface area contributed by atoms with Gasteiger partial charge in [0, 0.05) is 30.7 Å². The highest BCUT2D eigenvalue weighted by Crippen LogP contribution is 2.43. The first-order valence-electron chi connectivity index (χ1n) is 13.3. The smallest absolute Gasteiger partial charge is 0.336 e. The number of dihydropyridines is 1. The summed E-state index contributed by atoms with van der Waals surface area (Å²) < 4.78 is 27.7. The Kier molecular flexibility index (Phi) is 10.3. The lowest BCUT2D eigenvalue weighted by atomic mass is 9.81. The first-order valence-corrected chi connectivity index (χ1v) is 14.6. The number of aromatic nitrogens is 2. The highest BCUT2D eigenvalue weighted by molar-refractivity contribution is 7.14. The molecule has 0 aliphatic carbocycles. The molecule has 3 aromatic rings. The van der Waals surface area contributed by atoms with Crippen LogP contribution in [0.4, 0.5) is 11.8 Å². The SMILES string of the molecule is CCOC(=O)C1=C(COCCN(C)c2nc(N)c3cc(OC)c(OC)cc3n2)NC(C)=C(C(=O)OC)C1c1ccsc1Cl. The number of fused-ring (bicyclic) bond motifs is 1. The fraction of sp³-hybridized carbons (Fsp3) is 0.379. The summed E-state index contributed by atoms with van der Waals surface area (Å²) in [4.78, 5) is 37.0. The molecule has 0 saturated carbocycles. The molecular formula is C29H34ClN5O7S. The summed E-state index contributed by atoms with van der Waals surface area (Å²) in [5.41, 5.74) is 8.94. The quantitative estimate of drug-likeness (QED) is 0.219. The highest BCUT2D eigenvalue weighted by atomic mass is 35.5. The number of carbonyl (C=O) groups excluding carboxylic acids is 2. The van der Waals surface area contributed by atoms with Crippen LogP contribution < -0.4 is 25.4 Å². The normalized spacial score (nSPS) is 14.9. The van der Waals surface area contributed by atoms with Crippen LogP contribution in [0, 0.1) is 0 Å². The number of thiophene rings is 1. The maximum Gasteiger partial charge on any atom is 0.336 e. The monoisotopic (exact) mass is 631 g/mol. The van der Waals surface area contributed by atoms with Gasteiger partial charge in [-0.1, -0.05) is 11.6 Å². The Morgan fingerprint density at radius 1 is 1.12 bits per heavy atom. The minimum absolute atomic E-state index is 0.0315. The standard InChI is InChI=1S/C29H34ClN5O7S/c1-7-42-28(37)24-19(32-15(2)22(27(36)40-6)23(24)16-8-11-43-25(16)30)14-41-10-9-35(3)29-33-18-13-21(39-5)20(38-4)12-17(18)26(31)34-29/h8,11-13,23,32H,7,9-10,14H2,1-6H3,(H2,31,33,34). The van der Waals surface area contributed by atoms with Crippen molar-refractivity contribution in [2.24, 2.45) is 0 Å². The number of allylic oxidation sites excluding steroid dienone is 1. The molecule has 0 saturated heterocycles. The van der Waals surface area contributed by atoms with Crippen molar-refractivity contribution >= 4 is 57.5 Å². The van der Waals surface area contributed by atoms with Gasteiger partial charge in [0.05, 0.1) is 73.8 Å². The van der Waals surface area contributed by atoms with Crippen molar-refractivity contribution in [3.63, 3.8) is 0 Å². The van der Waals surface area contributed by atoms with Gasteiger partial charge >= 0.3 is 11.9 Å². The van der Waals surface area contributed by atoms with Crippen molar-refractivity contribution in [1.82, 2.24) is 15.3 Å². The second-order valence-corrected chi connectivity index (χ2v) is 11.0. The number of ether oxygens (including phenoxy) is 5. The maximum absolute atomic E-state index is 13.3. The number of methoxy groups -OCH3 is 3.